The molecule has 0 radical (unpaired) electrons. The fraction of sp³-hybridized carbons (Fsp3) is 0.846. The van der Waals surface area contributed by atoms with E-state index in [-0.39, 0.29) is 0 Å². The molecule has 0 aromatic rings. The van der Waals surface area contributed by atoms with Crippen molar-refractivity contribution in [2.75, 3.05) is 13.1 Å². The van der Waals surface area contributed by atoms with E-state index in [0.29, 0.717) is 0 Å². The Hall–Kier alpha value is -0.0831. The van der Waals surface area contributed by atoms with Gasteiger partial charge in [0, 0.05) is 0 Å². The molecule has 0 amide bonds. The Bertz CT molecular complexity index is 179. The number of rotatable bonds is 6. The molecule has 1 saturated heterocycles. The maximum atomic E-state index is 4.17. The van der Waals surface area contributed by atoms with Crippen LogP contribution in [-0.4, -0.2) is 25.9 Å². The summed E-state index contributed by atoms with van der Waals surface area (Å²) in [5.74, 6) is 0. The lowest BCUT2D eigenvalue weighted by Crippen LogP contribution is -2.54. The second-order valence-corrected chi connectivity index (χ2v) is 9.10. The normalized spacial score (nSPS) is 19.1. The van der Waals surface area contributed by atoms with Gasteiger partial charge in [-0.1, -0.05) is 38.8 Å². The number of nitrogens with zero attached hydrogens (tertiary/aromatic N) is 1. The van der Waals surface area contributed by atoms with Crippen molar-refractivity contribution >= 4 is 8.24 Å². The molecule has 1 aliphatic heterocycles. The molecule has 0 aliphatic carbocycles. The molecule has 2 heteroatoms. The van der Waals surface area contributed by atoms with Crippen LogP contribution < -0.4 is 0 Å². The fourth-order valence-electron chi connectivity index (χ4n) is 2.98. The SMILES string of the molecule is C=C[Si](CCC)(CCC)N1CCCCC1. The van der Waals surface area contributed by atoms with Gasteiger partial charge in [0.15, 0.2) is 8.24 Å². The lowest BCUT2D eigenvalue weighted by molar-refractivity contribution is 0.341. The Kier molecular flexibility index (Phi) is 5.62. The molecule has 0 N–H and O–H groups in total. The van der Waals surface area contributed by atoms with E-state index in [1.54, 1.807) is 0 Å². The van der Waals surface area contributed by atoms with Crippen molar-refractivity contribution in [2.45, 2.75) is 58.0 Å². The summed E-state index contributed by atoms with van der Waals surface area (Å²) in [7, 11) is -1.27. The molecule has 1 fully saturated rings. The van der Waals surface area contributed by atoms with E-state index in [2.05, 4.69) is 30.7 Å². The van der Waals surface area contributed by atoms with Gasteiger partial charge in [0.1, 0.15) is 0 Å². The molecule has 1 nitrogen and oxygen atoms in total. The summed E-state index contributed by atoms with van der Waals surface area (Å²) >= 11 is 0. The Balaban J connectivity index is 2.70. The fourth-order valence-corrected chi connectivity index (χ4v) is 7.47. The predicted octanol–water partition coefficient (Wildman–Crippen LogP) is 3.96. The van der Waals surface area contributed by atoms with Gasteiger partial charge < -0.3 is 4.57 Å². The average molecular weight is 225 g/mol. The van der Waals surface area contributed by atoms with Gasteiger partial charge in [0.05, 0.1) is 0 Å². The molecule has 0 saturated carbocycles. The predicted molar refractivity (Wildman–Crippen MR) is 71.6 cm³/mol. The molecule has 0 aromatic carbocycles. The molecule has 15 heavy (non-hydrogen) atoms. The molecule has 0 aromatic heterocycles. The van der Waals surface area contributed by atoms with E-state index in [0.717, 1.165) is 0 Å². The van der Waals surface area contributed by atoms with Crippen molar-refractivity contribution in [3.05, 3.63) is 12.3 Å². The van der Waals surface area contributed by atoms with Crippen LogP contribution in [0.1, 0.15) is 46.0 Å². The second-order valence-electron chi connectivity index (χ2n) is 4.86. The third kappa shape index (κ3) is 3.18. The Morgan fingerprint density at radius 1 is 1.07 bits per heavy atom. The maximum Gasteiger partial charge on any atom is 0.152 e. The molecule has 0 atom stereocenters. The van der Waals surface area contributed by atoms with Crippen LogP contribution in [0.15, 0.2) is 12.3 Å². The summed E-state index contributed by atoms with van der Waals surface area (Å²) in [6, 6.07) is 2.84. The first-order valence-corrected chi connectivity index (χ1v) is 9.11. The highest BCUT2D eigenvalue weighted by Gasteiger charge is 2.35. The zero-order valence-electron chi connectivity index (χ0n) is 10.6. The van der Waals surface area contributed by atoms with Gasteiger partial charge in [-0.25, -0.2) is 0 Å². The Labute approximate surface area is 96.6 Å². The van der Waals surface area contributed by atoms with Crippen LogP contribution in [-0.2, 0) is 0 Å². The highest BCUT2D eigenvalue weighted by molar-refractivity contribution is 6.81. The quantitative estimate of drug-likeness (QED) is 0.618. The van der Waals surface area contributed by atoms with Crippen molar-refractivity contribution < 1.29 is 0 Å². The zero-order chi connectivity index (χ0) is 11.1. The van der Waals surface area contributed by atoms with Gasteiger partial charge in [-0.05, 0) is 38.0 Å². The zero-order valence-corrected chi connectivity index (χ0v) is 11.6. The van der Waals surface area contributed by atoms with E-state index in [1.165, 1.54) is 57.3 Å². The average Bonchev–Trinajstić information content (AvgIpc) is 2.30. The van der Waals surface area contributed by atoms with Crippen LogP contribution >= 0.6 is 0 Å². The molecular formula is C13H27NSi. The van der Waals surface area contributed by atoms with Crippen molar-refractivity contribution in [3.63, 3.8) is 0 Å². The third-order valence-electron chi connectivity index (χ3n) is 3.73. The van der Waals surface area contributed by atoms with Gasteiger partial charge in [-0.2, -0.15) is 0 Å². The summed E-state index contributed by atoms with van der Waals surface area (Å²) in [5.41, 5.74) is 2.37. The summed E-state index contributed by atoms with van der Waals surface area (Å²) in [5, 5.41) is 0. The summed E-state index contributed by atoms with van der Waals surface area (Å²) < 4.78 is 2.83. The van der Waals surface area contributed by atoms with Crippen molar-refractivity contribution in [3.8, 4) is 0 Å². The maximum absolute atomic E-state index is 4.17. The van der Waals surface area contributed by atoms with Crippen molar-refractivity contribution in [2.24, 2.45) is 0 Å². The van der Waals surface area contributed by atoms with Gasteiger partial charge >= 0.3 is 0 Å². The lowest BCUT2D eigenvalue weighted by atomic mass is 10.2. The van der Waals surface area contributed by atoms with Gasteiger partial charge in [-0.3, -0.25) is 0 Å². The molecule has 1 heterocycles. The van der Waals surface area contributed by atoms with Gasteiger partial charge in [0.25, 0.3) is 0 Å². The first-order chi connectivity index (χ1) is 7.29. The molecule has 1 aliphatic rings. The van der Waals surface area contributed by atoms with Crippen LogP contribution in [0.5, 0.6) is 0 Å². The van der Waals surface area contributed by atoms with E-state index >= 15 is 0 Å². The second kappa shape index (κ2) is 6.49. The molecule has 1 rings (SSSR count). The molecule has 88 valence electrons. The van der Waals surface area contributed by atoms with E-state index in [4.69, 9.17) is 0 Å². The van der Waals surface area contributed by atoms with E-state index < -0.39 is 8.24 Å². The van der Waals surface area contributed by atoms with Crippen LogP contribution in [0.25, 0.3) is 0 Å². The first kappa shape index (κ1) is 13.0. The number of hydrogen-bond acceptors (Lipinski definition) is 1. The van der Waals surface area contributed by atoms with E-state index in [9.17, 15) is 0 Å². The van der Waals surface area contributed by atoms with E-state index in [1.807, 2.05) is 0 Å². The third-order valence-corrected chi connectivity index (χ3v) is 8.93. The van der Waals surface area contributed by atoms with Gasteiger partial charge in [-0.15, -0.1) is 6.58 Å². The summed E-state index contributed by atoms with van der Waals surface area (Å²) in [4.78, 5) is 0. The minimum absolute atomic E-state index is 1.27. The Morgan fingerprint density at radius 3 is 2.00 bits per heavy atom. The summed E-state index contributed by atoms with van der Waals surface area (Å²) in [6.07, 6.45) is 6.92. The molecule has 0 unspecified atom stereocenters. The van der Waals surface area contributed by atoms with Crippen LogP contribution in [0.3, 0.4) is 0 Å². The Morgan fingerprint density at radius 2 is 1.60 bits per heavy atom. The minimum atomic E-state index is -1.27. The van der Waals surface area contributed by atoms with Crippen molar-refractivity contribution in [1.82, 2.24) is 4.57 Å². The molecular weight excluding hydrogens is 198 g/mol. The number of piperidine rings is 1. The lowest BCUT2D eigenvalue weighted by Gasteiger charge is -2.42. The van der Waals surface area contributed by atoms with Crippen molar-refractivity contribution in [1.29, 1.82) is 0 Å². The highest BCUT2D eigenvalue weighted by atomic mass is 28.3. The first-order valence-electron chi connectivity index (χ1n) is 6.67. The topological polar surface area (TPSA) is 3.24 Å². The van der Waals surface area contributed by atoms with Gasteiger partial charge in [0.2, 0.25) is 0 Å². The van der Waals surface area contributed by atoms with Crippen LogP contribution in [0, 0.1) is 0 Å². The number of hydrogen-bond donors (Lipinski definition) is 0. The monoisotopic (exact) mass is 225 g/mol. The minimum Gasteiger partial charge on any atom is -0.320 e. The highest BCUT2D eigenvalue weighted by Crippen LogP contribution is 2.28. The van der Waals surface area contributed by atoms with Crippen LogP contribution in [0.4, 0.5) is 0 Å². The standard InChI is InChI=1S/C13H27NSi/c1-4-12-15(6-3,13-5-2)14-10-8-7-9-11-14/h6H,3-5,7-13H2,1-2H3. The molecule has 0 spiro atoms. The largest absolute Gasteiger partial charge is 0.320 e. The smallest absolute Gasteiger partial charge is 0.152 e. The summed E-state index contributed by atoms with van der Waals surface area (Å²) in [6.45, 7) is 11.5. The molecule has 0 bridgehead atoms. The van der Waals surface area contributed by atoms with Crippen LogP contribution in [0.2, 0.25) is 12.1 Å².